The third-order valence-corrected chi connectivity index (χ3v) is 3.90. The third-order valence-electron chi connectivity index (χ3n) is 3.90. The van der Waals surface area contributed by atoms with Gasteiger partial charge in [-0.1, -0.05) is 6.42 Å². The number of terminal acetylenes is 1. The standard InChI is InChI=1S/C15H16N4O5/c1-2-18-5-3-4-16-13(18)9-7-19(15(23)17-14(9)22)12-6-10(21)11(8-20)24-12/h1,3-4,7,10-12,20-21H,5-6,8H2,(H,17,22,23)/t10-,11+,12+/m0/s1. The molecule has 0 unspecified atom stereocenters. The van der Waals surface area contributed by atoms with E-state index < -0.39 is 29.7 Å². The predicted octanol–water partition coefficient (Wildman–Crippen LogP) is -1.66. The Kier molecular flexibility index (Phi) is 4.35. The predicted molar refractivity (Wildman–Crippen MR) is 84.2 cm³/mol. The summed E-state index contributed by atoms with van der Waals surface area (Å²) in [6.45, 7) is 0.0180. The SMILES string of the molecule is C#CN1CC=CN=C1c1cn([C@H]2C[C@H](O)[C@@H](CO)O2)c(=O)[nH]c1=O. The Hall–Kier alpha value is -2.67. The van der Waals surface area contributed by atoms with Crippen molar-refractivity contribution in [2.24, 2.45) is 4.99 Å². The molecule has 126 valence electrons. The maximum atomic E-state index is 12.2. The van der Waals surface area contributed by atoms with Gasteiger partial charge in [-0.25, -0.2) is 9.79 Å². The molecule has 0 amide bonds. The van der Waals surface area contributed by atoms with E-state index in [2.05, 4.69) is 16.0 Å². The third kappa shape index (κ3) is 2.78. The van der Waals surface area contributed by atoms with Crippen LogP contribution in [0.15, 0.2) is 33.1 Å². The van der Waals surface area contributed by atoms with Gasteiger partial charge < -0.3 is 14.9 Å². The lowest BCUT2D eigenvalue weighted by Gasteiger charge is -2.21. The number of nitrogens with zero attached hydrogens (tertiary/aromatic N) is 3. The van der Waals surface area contributed by atoms with Crippen molar-refractivity contribution in [3.8, 4) is 12.5 Å². The number of amidine groups is 1. The Morgan fingerprint density at radius 2 is 2.29 bits per heavy atom. The molecule has 3 N–H and O–H groups in total. The molecule has 3 heterocycles. The first-order valence-electron chi connectivity index (χ1n) is 7.32. The van der Waals surface area contributed by atoms with Crippen molar-refractivity contribution in [2.45, 2.75) is 24.9 Å². The van der Waals surface area contributed by atoms with Gasteiger partial charge in [0.1, 0.15) is 12.3 Å². The maximum Gasteiger partial charge on any atom is 0.330 e. The van der Waals surface area contributed by atoms with Gasteiger partial charge >= 0.3 is 5.69 Å². The summed E-state index contributed by atoms with van der Waals surface area (Å²) in [5.41, 5.74) is -1.19. The first-order chi connectivity index (χ1) is 11.5. The Morgan fingerprint density at radius 3 is 2.96 bits per heavy atom. The van der Waals surface area contributed by atoms with Gasteiger partial charge in [0.25, 0.3) is 5.56 Å². The average Bonchev–Trinajstić information content (AvgIpc) is 2.95. The van der Waals surface area contributed by atoms with Crippen molar-refractivity contribution in [1.29, 1.82) is 0 Å². The highest BCUT2D eigenvalue weighted by molar-refractivity contribution is 6.00. The molecule has 0 aliphatic carbocycles. The van der Waals surface area contributed by atoms with E-state index >= 15 is 0 Å². The van der Waals surface area contributed by atoms with Gasteiger partial charge in [0.05, 0.1) is 24.8 Å². The number of aromatic nitrogens is 2. The van der Waals surface area contributed by atoms with Gasteiger partial charge in [0.15, 0.2) is 5.84 Å². The molecule has 1 saturated heterocycles. The second-order valence-corrected chi connectivity index (χ2v) is 5.40. The monoisotopic (exact) mass is 332 g/mol. The number of aliphatic imine (C=N–C) groups is 1. The molecule has 2 aliphatic heterocycles. The van der Waals surface area contributed by atoms with Crippen molar-refractivity contribution < 1.29 is 14.9 Å². The van der Waals surface area contributed by atoms with Gasteiger partial charge in [-0.05, 0) is 6.08 Å². The fourth-order valence-corrected chi connectivity index (χ4v) is 2.67. The molecule has 3 rings (SSSR count). The molecule has 9 nitrogen and oxygen atoms in total. The summed E-state index contributed by atoms with van der Waals surface area (Å²) in [6.07, 6.45) is 7.60. The summed E-state index contributed by atoms with van der Waals surface area (Å²) in [4.78, 5) is 32.0. The molecule has 0 radical (unpaired) electrons. The van der Waals surface area contributed by atoms with Gasteiger partial charge in [-0.3, -0.25) is 19.2 Å². The smallest absolute Gasteiger partial charge is 0.330 e. The number of rotatable bonds is 3. The molecule has 24 heavy (non-hydrogen) atoms. The van der Waals surface area contributed by atoms with Gasteiger partial charge in [0.2, 0.25) is 0 Å². The fraction of sp³-hybridized carbons (Fsp3) is 0.400. The summed E-state index contributed by atoms with van der Waals surface area (Å²) >= 11 is 0. The van der Waals surface area contributed by atoms with Crippen LogP contribution in [0, 0.1) is 12.5 Å². The fourth-order valence-electron chi connectivity index (χ4n) is 2.67. The molecule has 0 spiro atoms. The largest absolute Gasteiger partial charge is 0.394 e. The Bertz CT molecular complexity index is 847. The van der Waals surface area contributed by atoms with E-state index in [-0.39, 0.29) is 24.4 Å². The first-order valence-corrected chi connectivity index (χ1v) is 7.32. The lowest BCUT2D eigenvalue weighted by atomic mass is 10.2. The number of ether oxygens (including phenoxy) is 1. The molecule has 2 aliphatic rings. The number of hydrogen-bond acceptors (Lipinski definition) is 7. The normalized spacial score (nSPS) is 26.3. The highest BCUT2D eigenvalue weighted by Gasteiger charge is 2.35. The second-order valence-electron chi connectivity index (χ2n) is 5.40. The number of H-pyrrole nitrogens is 1. The van der Waals surface area contributed by atoms with Crippen LogP contribution in [-0.2, 0) is 4.74 Å². The number of aliphatic hydroxyl groups is 2. The van der Waals surface area contributed by atoms with E-state index in [1.165, 1.54) is 17.3 Å². The highest BCUT2D eigenvalue weighted by Crippen LogP contribution is 2.27. The molecule has 0 saturated carbocycles. The summed E-state index contributed by atoms with van der Waals surface area (Å²) in [5.74, 6) is 0.243. The molecule has 1 fully saturated rings. The van der Waals surface area contributed by atoms with E-state index in [1.807, 2.05) is 0 Å². The van der Waals surface area contributed by atoms with Crippen molar-refractivity contribution in [3.05, 3.63) is 44.9 Å². The zero-order chi connectivity index (χ0) is 17.3. The minimum absolute atomic E-state index is 0.113. The van der Waals surface area contributed by atoms with Crippen LogP contribution in [0.3, 0.4) is 0 Å². The molecular formula is C15H16N4O5. The van der Waals surface area contributed by atoms with Crippen LogP contribution < -0.4 is 11.2 Å². The molecule has 0 bridgehead atoms. The Labute approximate surface area is 136 Å². The van der Waals surface area contributed by atoms with Crippen molar-refractivity contribution in [2.75, 3.05) is 13.2 Å². The van der Waals surface area contributed by atoms with E-state index in [0.717, 1.165) is 4.57 Å². The van der Waals surface area contributed by atoms with Crippen LogP contribution in [0.1, 0.15) is 18.2 Å². The number of nitrogens with one attached hydrogen (secondary N) is 1. The highest BCUT2D eigenvalue weighted by atomic mass is 16.5. The zero-order valence-corrected chi connectivity index (χ0v) is 12.6. The number of aromatic amines is 1. The molecular weight excluding hydrogens is 316 g/mol. The van der Waals surface area contributed by atoms with Crippen LogP contribution in [-0.4, -0.2) is 55.9 Å². The van der Waals surface area contributed by atoms with Gasteiger partial charge in [-0.2, -0.15) is 0 Å². The molecule has 0 aromatic carbocycles. The summed E-state index contributed by atoms with van der Waals surface area (Å²) in [7, 11) is 0. The topological polar surface area (TPSA) is 120 Å². The van der Waals surface area contributed by atoms with E-state index in [9.17, 15) is 14.7 Å². The molecule has 1 aromatic heterocycles. The minimum atomic E-state index is -0.903. The van der Waals surface area contributed by atoms with Crippen LogP contribution in [0.25, 0.3) is 0 Å². The Morgan fingerprint density at radius 1 is 1.50 bits per heavy atom. The summed E-state index contributed by atoms with van der Waals surface area (Å²) < 4.78 is 6.62. The van der Waals surface area contributed by atoms with Crippen molar-refractivity contribution in [1.82, 2.24) is 14.5 Å². The van der Waals surface area contributed by atoms with Gasteiger partial charge in [-0.15, -0.1) is 0 Å². The second kappa shape index (κ2) is 6.45. The average molecular weight is 332 g/mol. The van der Waals surface area contributed by atoms with E-state index in [1.54, 1.807) is 6.08 Å². The van der Waals surface area contributed by atoms with Crippen LogP contribution in [0.5, 0.6) is 0 Å². The lowest BCUT2D eigenvalue weighted by molar-refractivity contribution is -0.0459. The number of hydrogen-bond donors (Lipinski definition) is 3. The van der Waals surface area contributed by atoms with E-state index in [0.29, 0.717) is 6.54 Å². The molecule has 1 aromatic rings. The molecule has 9 heteroatoms. The quantitative estimate of drug-likeness (QED) is 0.570. The number of aliphatic hydroxyl groups excluding tert-OH is 2. The maximum absolute atomic E-state index is 12.2. The zero-order valence-electron chi connectivity index (χ0n) is 12.6. The van der Waals surface area contributed by atoms with Crippen LogP contribution >= 0.6 is 0 Å². The van der Waals surface area contributed by atoms with Crippen molar-refractivity contribution in [3.63, 3.8) is 0 Å². The first kappa shape index (κ1) is 16.2. The van der Waals surface area contributed by atoms with E-state index in [4.69, 9.17) is 16.3 Å². The molecule has 3 atom stereocenters. The minimum Gasteiger partial charge on any atom is -0.394 e. The van der Waals surface area contributed by atoms with Gasteiger partial charge in [0, 0.05) is 24.9 Å². The van der Waals surface area contributed by atoms with Crippen LogP contribution in [0.4, 0.5) is 0 Å². The van der Waals surface area contributed by atoms with Crippen molar-refractivity contribution >= 4 is 5.84 Å². The van der Waals surface area contributed by atoms with Crippen LogP contribution in [0.2, 0.25) is 0 Å². The lowest BCUT2D eigenvalue weighted by Crippen LogP contribution is -2.39. The summed E-state index contributed by atoms with van der Waals surface area (Å²) in [5, 5.41) is 19.0. The Balaban J connectivity index is 2.03. The summed E-state index contributed by atoms with van der Waals surface area (Å²) in [6, 6.07) is 2.41.